The van der Waals surface area contributed by atoms with E-state index in [1.165, 1.54) is 0 Å². The topological polar surface area (TPSA) is 72.6 Å². The lowest BCUT2D eigenvalue weighted by Gasteiger charge is -1.96. The summed E-state index contributed by atoms with van der Waals surface area (Å²) < 4.78 is 25.6. The Morgan fingerprint density at radius 1 is 1.36 bits per heavy atom. The van der Waals surface area contributed by atoms with Crippen LogP contribution in [0.4, 0.5) is 20.2 Å². The van der Waals surface area contributed by atoms with Crippen molar-refractivity contribution in [1.29, 1.82) is 0 Å². The predicted octanol–water partition coefficient (Wildman–Crippen LogP) is 1.84. The van der Waals surface area contributed by atoms with Gasteiger partial charge in [-0.3, -0.25) is 10.1 Å². The lowest BCUT2D eigenvalue weighted by atomic mass is 10.2. The second kappa shape index (κ2) is 3.71. The molecule has 0 amide bonds. The third-order valence-corrected chi connectivity index (χ3v) is 1.36. The molecule has 0 aliphatic rings. The van der Waals surface area contributed by atoms with E-state index in [-0.39, 0.29) is 5.69 Å². The molecule has 0 atom stereocenters. The van der Waals surface area contributed by atoms with Gasteiger partial charge in [-0.15, -0.1) is 0 Å². The molecule has 0 unspecified atom stereocenters. The van der Waals surface area contributed by atoms with Gasteiger partial charge in [0.25, 0.3) is 0 Å². The number of aliphatic imine (C=N–C) groups is 1. The van der Waals surface area contributed by atoms with Crippen molar-refractivity contribution in [1.82, 2.24) is 0 Å². The first kappa shape index (κ1) is 9.94. The van der Waals surface area contributed by atoms with E-state index < -0.39 is 22.2 Å². The summed E-state index contributed by atoms with van der Waals surface area (Å²) in [5.41, 5.74) is -1.63. The van der Waals surface area contributed by atoms with E-state index in [0.717, 1.165) is 6.08 Å². The van der Waals surface area contributed by atoms with Gasteiger partial charge in [0.15, 0.2) is 0 Å². The highest BCUT2D eigenvalue weighted by atomic mass is 19.1. The Labute approximate surface area is 75.8 Å². The Morgan fingerprint density at radius 2 is 1.86 bits per heavy atom. The molecule has 0 aliphatic heterocycles. The molecule has 14 heavy (non-hydrogen) atoms. The molecule has 0 spiro atoms. The molecule has 0 bridgehead atoms. The number of benzene rings is 1. The lowest BCUT2D eigenvalue weighted by Crippen LogP contribution is -1.96. The van der Waals surface area contributed by atoms with Crippen LogP contribution in [0.3, 0.4) is 0 Å². The average molecular weight is 200 g/mol. The van der Waals surface area contributed by atoms with Crippen LogP contribution in [0, 0.1) is 21.7 Å². The molecule has 0 saturated heterocycles. The van der Waals surface area contributed by atoms with E-state index in [4.69, 9.17) is 0 Å². The van der Waals surface area contributed by atoms with Crippen LogP contribution in [0.15, 0.2) is 17.1 Å². The zero-order valence-corrected chi connectivity index (χ0v) is 6.53. The molecular weight excluding hydrogens is 198 g/mol. The van der Waals surface area contributed by atoms with Gasteiger partial charge in [-0.25, -0.2) is 4.79 Å². The zero-order chi connectivity index (χ0) is 10.7. The molecule has 0 aliphatic carbocycles. The van der Waals surface area contributed by atoms with Gasteiger partial charge < -0.3 is 0 Å². The average Bonchev–Trinajstić information content (AvgIpc) is 2.01. The van der Waals surface area contributed by atoms with Gasteiger partial charge in [0.1, 0.15) is 0 Å². The van der Waals surface area contributed by atoms with Crippen LogP contribution in [-0.2, 0) is 4.79 Å². The van der Waals surface area contributed by atoms with E-state index in [9.17, 15) is 23.7 Å². The summed E-state index contributed by atoms with van der Waals surface area (Å²) in [5, 5.41) is 10.1. The van der Waals surface area contributed by atoms with E-state index in [2.05, 4.69) is 4.99 Å². The number of hydrogen-bond donors (Lipinski definition) is 0. The van der Waals surface area contributed by atoms with Crippen LogP contribution in [0.25, 0.3) is 0 Å². The summed E-state index contributed by atoms with van der Waals surface area (Å²) in [5.74, 6) is -2.77. The molecule has 1 aromatic carbocycles. The molecular formula is C7H2F2N2O3. The standard InChI is InChI=1S/C7H2F2N2O3/c8-5-1-4(10-3-12)2-6(9)7(5)11(13)14/h1-2H. The highest BCUT2D eigenvalue weighted by molar-refractivity contribution is 5.52. The number of carbonyl (C=O) groups excluding carboxylic acids is 1. The Kier molecular flexibility index (Phi) is 2.64. The van der Waals surface area contributed by atoms with Crippen LogP contribution in [0.5, 0.6) is 0 Å². The van der Waals surface area contributed by atoms with Gasteiger partial charge >= 0.3 is 5.69 Å². The summed E-state index contributed by atoms with van der Waals surface area (Å²) in [6.07, 6.45) is 1.06. The molecule has 0 heterocycles. The monoisotopic (exact) mass is 200 g/mol. The van der Waals surface area contributed by atoms with E-state index >= 15 is 0 Å². The van der Waals surface area contributed by atoms with Crippen molar-refractivity contribution in [3.05, 3.63) is 33.9 Å². The van der Waals surface area contributed by atoms with Crippen molar-refractivity contribution >= 4 is 17.5 Å². The van der Waals surface area contributed by atoms with Crippen molar-refractivity contribution in [3.8, 4) is 0 Å². The highest BCUT2D eigenvalue weighted by Crippen LogP contribution is 2.26. The first-order valence-corrected chi connectivity index (χ1v) is 3.27. The Balaban J connectivity index is 3.39. The van der Waals surface area contributed by atoms with Gasteiger partial charge in [-0.1, -0.05) is 0 Å². The first-order valence-electron chi connectivity index (χ1n) is 3.27. The highest BCUT2D eigenvalue weighted by Gasteiger charge is 2.21. The number of hydrogen-bond acceptors (Lipinski definition) is 4. The molecule has 0 saturated carbocycles. The first-order chi connectivity index (χ1) is 6.56. The maximum absolute atomic E-state index is 12.8. The SMILES string of the molecule is O=C=Nc1cc(F)c([N+](=O)[O-])c(F)c1. The third kappa shape index (κ3) is 1.78. The van der Waals surface area contributed by atoms with Crippen molar-refractivity contribution in [2.45, 2.75) is 0 Å². The molecule has 7 heteroatoms. The summed E-state index contributed by atoms with van der Waals surface area (Å²) >= 11 is 0. The van der Waals surface area contributed by atoms with Gasteiger partial charge in [0.2, 0.25) is 17.7 Å². The van der Waals surface area contributed by atoms with E-state index in [0.29, 0.717) is 12.1 Å². The fourth-order valence-corrected chi connectivity index (χ4v) is 0.844. The Bertz CT molecular complexity index is 418. The zero-order valence-electron chi connectivity index (χ0n) is 6.53. The minimum atomic E-state index is -1.39. The lowest BCUT2D eigenvalue weighted by molar-refractivity contribution is -0.390. The van der Waals surface area contributed by atoms with Gasteiger partial charge in [-0.2, -0.15) is 13.8 Å². The maximum atomic E-state index is 12.8. The van der Waals surface area contributed by atoms with Crippen LogP contribution < -0.4 is 0 Å². The molecule has 0 radical (unpaired) electrons. The Morgan fingerprint density at radius 3 is 2.21 bits per heavy atom. The van der Waals surface area contributed by atoms with Gasteiger partial charge in [0.05, 0.1) is 10.6 Å². The summed E-state index contributed by atoms with van der Waals surface area (Å²) in [6, 6.07) is 1.15. The molecule has 72 valence electrons. The molecule has 1 aromatic rings. The fraction of sp³-hybridized carbons (Fsp3) is 0. The van der Waals surface area contributed by atoms with Crippen LogP contribution in [0.2, 0.25) is 0 Å². The van der Waals surface area contributed by atoms with Gasteiger partial charge in [-0.05, 0) is 0 Å². The maximum Gasteiger partial charge on any atom is 0.340 e. The summed E-state index contributed by atoms with van der Waals surface area (Å²) in [4.78, 5) is 21.6. The smallest absolute Gasteiger partial charge is 0.258 e. The minimum absolute atomic E-state index is 0.361. The molecule has 1 rings (SSSR count). The minimum Gasteiger partial charge on any atom is -0.258 e. The number of halogens is 2. The van der Waals surface area contributed by atoms with E-state index in [1.807, 2.05) is 0 Å². The fourth-order valence-electron chi connectivity index (χ4n) is 0.844. The molecule has 0 fully saturated rings. The third-order valence-electron chi connectivity index (χ3n) is 1.36. The van der Waals surface area contributed by atoms with Gasteiger partial charge in [0, 0.05) is 12.1 Å². The second-order valence-electron chi connectivity index (χ2n) is 2.22. The number of nitrogens with zero attached hydrogens (tertiary/aromatic N) is 2. The predicted molar refractivity (Wildman–Crippen MR) is 40.8 cm³/mol. The van der Waals surface area contributed by atoms with Crippen molar-refractivity contribution in [2.75, 3.05) is 0 Å². The normalized spacial score (nSPS) is 9.29. The summed E-state index contributed by atoms with van der Waals surface area (Å²) in [6.45, 7) is 0. The van der Waals surface area contributed by atoms with Crippen LogP contribution in [0.1, 0.15) is 0 Å². The Hall–Kier alpha value is -2.14. The molecule has 0 N–H and O–H groups in total. The number of rotatable bonds is 2. The number of nitro groups is 1. The largest absolute Gasteiger partial charge is 0.340 e. The van der Waals surface area contributed by atoms with Crippen molar-refractivity contribution < 1.29 is 18.5 Å². The number of nitro benzene ring substituents is 1. The molecule has 5 nitrogen and oxygen atoms in total. The van der Waals surface area contributed by atoms with Crippen LogP contribution in [-0.4, -0.2) is 11.0 Å². The van der Waals surface area contributed by atoms with Crippen molar-refractivity contribution in [2.24, 2.45) is 4.99 Å². The summed E-state index contributed by atoms with van der Waals surface area (Å²) in [7, 11) is 0. The molecule has 0 aromatic heterocycles. The van der Waals surface area contributed by atoms with Crippen LogP contribution >= 0.6 is 0 Å². The van der Waals surface area contributed by atoms with Crippen molar-refractivity contribution in [3.63, 3.8) is 0 Å². The second-order valence-corrected chi connectivity index (χ2v) is 2.22. The number of isocyanates is 1. The quantitative estimate of drug-likeness (QED) is 0.316. The van der Waals surface area contributed by atoms with E-state index in [1.54, 1.807) is 0 Å².